The molecule has 96 valence electrons. The van der Waals surface area contributed by atoms with Gasteiger partial charge in [-0.2, -0.15) is 0 Å². The van der Waals surface area contributed by atoms with Crippen LogP contribution in [-0.4, -0.2) is 0 Å². The molecule has 2 aromatic heterocycles. The van der Waals surface area contributed by atoms with Crippen molar-refractivity contribution in [2.75, 3.05) is 0 Å². The lowest BCUT2D eigenvalue weighted by molar-refractivity contribution is -0.671. The number of aromatic nitrogens is 1. The maximum atomic E-state index is 12.0. The summed E-state index contributed by atoms with van der Waals surface area (Å²) in [6.45, 7) is 0. The normalized spacial score (nSPS) is 10.2. The van der Waals surface area contributed by atoms with Crippen molar-refractivity contribution in [2.45, 2.75) is 7.43 Å². The molecule has 19 heavy (non-hydrogen) atoms. The van der Waals surface area contributed by atoms with E-state index in [9.17, 15) is 4.79 Å². The number of nitrogens with zero attached hydrogens (tertiary/aromatic N) is 1. The third-order valence-corrected chi connectivity index (χ3v) is 2.90. The maximum Gasteiger partial charge on any atom is 0.193 e. The molecule has 0 saturated heterocycles. The molecule has 0 bridgehead atoms. The van der Waals surface area contributed by atoms with E-state index in [1.807, 2.05) is 54.3 Å². The van der Waals surface area contributed by atoms with Crippen LogP contribution in [0.2, 0.25) is 0 Å². The van der Waals surface area contributed by atoms with Crippen LogP contribution < -0.4 is 10.00 Å². The van der Waals surface area contributed by atoms with Crippen LogP contribution in [0.25, 0.3) is 22.3 Å². The highest BCUT2D eigenvalue weighted by molar-refractivity contribution is 5.78. The van der Waals surface area contributed by atoms with E-state index in [0.717, 1.165) is 5.56 Å². The summed E-state index contributed by atoms with van der Waals surface area (Å²) in [6.07, 6.45) is 3.84. The molecule has 3 heteroatoms. The molecule has 0 spiro atoms. The van der Waals surface area contributed by atoms with Gasteiger partial charge in [0, 0.05) is 23.8 Å². The lowest BCUT2D eigenvalue weighted by Gasteiger charge is -2.01. The number of para-hydroxylation sites is 1. The summed E-state index contributed by atoms with van der Waals surface area (Å²) < 4.78 is 7.69. The van der Waals surface area contributed by atoms with Crippen LogP contribution in [0, 0.1) is 0 Å². The van der Waals surface area contributed by atoms with Gasteiger partial charge in [-0.05, 0) is 12.1 Å². The Balaban J connectivity index is 0.00000133. The Morgan fingerprint density at radius 2 is 1.74 bits per heavy atom. The molecule has 0 fully saturated rings. The first-order valence-electron chi connectivity index (χ1n) is 5.72. The van der Waals surface area contributed by atoms with Gasteiger partial charge in [-0.25, -0.2) is 4.57 Å². The van der Waals surface area contributed by atoms with Crippen LogP contribution in [0.3, 0.4) is 0 Å². The molecular weight excluding hydrogens is 238 g/mol. The minimum atomic E-state index is -0.0138. The van der Waals surface area contributed by atoms with E-state index in [1.54, 1.807) is 6.07 Å². The van der Waals surface area contributed by atoms with Crippen LogP contribution in [0.15, 0.2) is 64.1 Å². The fourth-order valence-corrected chi connectivity index (χ4v) is 1.91. The van der Waals surface area contributed by atoms with E-state index >= 15 is 0 Å². The molecule has 0 amide bonds. The molecule has 0 aliphatic carbocycles. The van der Waals surface area contributed by atoms with E-state index in [2.05, 4.69) is 0 Å². The molecule has 3 aromatic rings. The van der Waals surface area contributed by atoms with Crippen molar-refractivity contribution in [3.8, 4) is 11.3 Å². The molecule has 0 unspecified atom stereocenters. The van der Waals surface area contributed by atoms with E-state index < -0.39 is 0 Å². The minimum Gasteiger partial charge on any atom is -0.456 e. The fourth-order valence-electron chi connectivity index (χ4n) is 1.91. The Hall–Kier alpha value is -2.42. The number of fused-ring (bicyclic) bond motifs is 1. The zero-order valence-corrected chi connectivity index (χ0v) is 9.96. The van der Waals surface area contributed by atoms with E-state index in [0.29, 0.717) is 16.7 Å². The summed E-state index contributed by atoms with van der Waals surface area (Å²) >= 11 is 0. The summed E-state index contributed by atoms with van der Waals surface area (Å²) in [5.41, 5.74) is 1.50. The van der Waals surface area contributed by atoms with E-state index in [1.165, 1.54) is 6.07 Å². The van der Waals surface area contributed by atoms with Crippen LogP contribution in [0.5, 0.6) is 0 Å². The Labute approximate surface area is 111 Å². The highest BCUT2D eigenvalue weighted by atomic mass is 16.3. The number of aryl methyl sites for hydroxylation is 1. The Kier molecular flexibility index (Phi) is 3.47. The molecule has 2 heterocycles. The number of rotatable bonds is 1. The number of benzene rings is 1. The topological polar surface area (TPSA) is 34.1 Å². The SMILES string of the molecule is C.C[n+]1ccc(-c2cc(=O)c3ccccc3o2)cc1. The average Bonchev–Trinajstić information content (AvgIpc) is 2.39. The summed E-state index contributed by atoms with van der Waals surface area (Å²) in [6, 6.07) is 12.7. The third-order valence-electron chi connectivity index (χ3n) is 2.90. The van der Waals surface area contributed by atoms with Crippen LogP contribution in [0.1, 0.15) is 7.43 Å². The standard InChI is InChI=1S/C15H12NO2.CH4/c1-16-8-6-11(7-9-16)15-10-13(17)12-4-2-3-5-14(12)18-15;/h2-10H,1H3;1H4/q+1;. The monoisotopic (exact) mass is 254 g/mol. The molecule has 0 saturated carbocycles. The van der Waals surface area contributed by atoms with Crippen molar-refractivity contribution in [1.29, 1.82) is 0 Å². The minimum absolute atomic E-state index is 0. The van der Waals surface area contributed by atoms with Gasteiger partial charge in [-0.1, -0.05) is 19.6 Å². The van der Waals surface area contributed by atoms with Crippen LogP contribution in [-0.2, 0) is 7.05 Å². The van der Waals surface area contributed by atoms with Gasteiger partial charge in [-0.15, -0.1) is 0 Å². The number of hydrogen-bond donors (Lipinski definition) is 0. The average molecular weight is 254 g/mol. The summed E-state index contributed by atoms with van der Waals surface area (Å²) in [5, 5.41) is 0.614. The van der Waals surface area contributed by atoms with Crippen molar-refractivity contribution >= 4 is 11.0 Å². The maximum absolute atomic E-state index is 12.0. The predicted molar refractivity (Wildman–Crippen MR) is 75.8 cm³/mol. The van der Waals surface area contributed by atoms with Gasteiger partial charge in [0.05, 0.1) is 5.39 Å². The number of hydrogen-bond acceptors (Lipinski definition) is 2. The molecule has 0 aliphatic rings. The molecule has 0 N–H and O–H groups in total. The smallest absolute Gasteiger partial charge is 0.193 e. The zero-order valence-electron chi connectivity index (χ0n) is 9.96. The van der Waals surface area contributed by atoms with Gasteiger partial charge < -0.3 is 4.42 Å². The van der Waals surface area contributed by atoms with Crippen molar-refractivity contribution in [3.63, 3.8) is 0 Å². The second kappa shape index (κ2) is 5.06. The van der Waals surface area contributed by atoms with Crippen molar-refractivity contribution in [2.24, 2.45) is 7.05 Å². The molecular formula is C16H16NO2+. The molecule has 1 aromatic carbocycles. The lowest BCUT2D eigenvalue weighted by atomic mass is 10.1. The van der Waals surface area contributed by atoms with Gasteiger partial charge in [0.25, 0.3) is 0 Å². The molecule has 0 aliphatic heterocycles. The first kappa shape index (κ1) is 13.0. The molecule has 3 rings (SSSR count). The van der Waals surface area contributed by atoms with Crippen molar-refractivity contribution in [1.82, 2.24) is 0 Å². The van der Waals surface area contributed by atoms with E-state index in [4.69, 9.17) is 4.42 Å². The van der Waals surface area contributed by atoms with Crippen LogP contribution in [0.4, 0.5) is 0 Å². The third kappa shape index (κ3) is 2.40. The second-order valence-electron chi connectivity index (χ2n) is 4.22. The van der Waals surface area contributed by atoms with Gasteiger partial charge in [0.15, 0.2) is 17.8 Å². The second-order valence-corrected chi connectivity index (χ2v) is 4.22. The fraction of sp³-hybridized carbons (Fsp3) is 0.125. The van der Waals surface area contributed by atoms with Crippen LogP contribution >= 0.6 is 0 Å². The summed E-state index contributed by atoms with van der Waals surface area (Å²) in [4.78, 5) is 12.0. The Morgan fingerprint density at radius 1 is 1.05 bits per heavy atom. The van der Waals surface area contributed by atoms with Gasteiger partial charge in [-0.3, -0.25) is 4.79 Å². The van der Waals surface area contributed by atoms with Gasteiger partial charge in [0.2, 0.25) is 0 Å². The van der Waals surface area contributed by atoms with E-state index in [-0.39, 0.29) is 12.9 Å². The first-order chi connectivity index (χ1) is 8.74. The van der Waals surface area contributed by atoms with Gasteiger partial charge in [0.1, 0.15) is 18.4 Å². The summed E-state index contributed by atoms with van der Waals surface area (Å²) in [5.74, 6) is 0.597. The first-order valence-corrected chi connectivity index (χ1v) is 5.72. The van der Waals surface area contributed by atoms with Crippen molar-refractivity contribution in [3.05, 3.63) is 65.1 Å². The van der Waals surface area contributed by atoms with Crippen molar-refractivity contribution < 1.29 is 8.98 Å². The molecule has 0 radical (unpaired) electrons. The highest BCUT2D eigenvalue weighted by Crippen LogP contribution is 2.20. The van der Waals surface area contributed by atoms with Gasteiger partial charge >= 0.3 is 0 Å². The number of pyridine rings is 1. The lowest BCUT2D eigenvalue weighted by Crippen LogP contribution is -2.25. The Bertz CT molecular complexity index is 758. The highest BCUT2D eigenvalue weighted by Gasteiger charge is 2.07. The molecule has 3 nitrogen and oxygen atoms in total. The summed E-state index contributed by atoms with van der Waals surface area (Å²) in [7, 11) is 1.94. The quantitative estimate of drug-likeness (QED) is 0.626. The largest absolute Gasteiger partial charge is 0.456 e. The Morgan fingerprint density at radius 3 is 2.47 bits per heavy atom. The zero-order chi connectivity index (χ0) is 12.5. The molecule has 0 atom stereocenters. The predicted octanol–water partition coefficient (Wildman–Crippen LogP) is 2.92.